The lowest BCUT2D eigenvalue weighted by molar-refractivity contribution is -0.125. The Balaban J connectivity index is 3.11. The molecule has 0 aliphatic rings. The largest absolute Gasteiger partial charge is 0.372 e. The minimum atomic E-state index is -0.0366. The van der Waals surface area contributed by atoms with Gasteiger partial charge in [-0.2, -0.15) is 0 Å². The van der Waals surface area contributed by atoms with E-state index in [2.05, 4.69) is 12.2 Å². The molecule has 0 atom stereocenters. The van der Waals surface area contributed by atoms with Crippen molar-refractivity contribution >= 4 is 5.91 Å². The Hall–Kier alpha value is -0.610. The van der Waals surface area contributed by atoms with Crippen molar-refractivity contribution in [3.8, 4) is 0 Å². The van der Waals surface area contributed by atoms with E-state index in [4.69, 9.17) is 10.5 Å². The predicted octanol–water partition coefficient (Wildman–Crippen LogP) is 0.268. The van der Waals surface area contributed by atoms with Gasteiger partial charge in [0.25, 0.3) is 0 Å². The summed E-state index contributed by atoms with van der Waals surface area (Å²) in [5.74, 6) is -0.0366. The molecule has 3 N–H and O–H groups in total. The quantitative estimate of drug-likeness (QED) is 0.537. The minimum absolute atomic E-state index is 0.0366. The molecule has 0 heterocycles. The SMILES string of the molecule is CCCCNC(=O)COCCCN. The number of carbonyl (C=O) groups excluding carboxylic acids is 1. The van der Waals surface area contributed by atoms with E-state index in [0.29, 0.717) is 13.2 Å². The van der Waals surface area contributed by atoms with E-state index in [1.165, 1.54) is 0 Å². The fourth-order valence-electron chi connectivity index (χ4n) is 0.806. The Morgan fingerprint density at radius 2 is 2.23 bits per heavy atom. The molecule has 0 aromatic carbocycles. The Labute approximate surface area is 79.8 Å². The number of nitrogens with two attached hydrogens (primary N) is 1. The first-order valence-electron chi connectivity index (χ1n) is 4.85. The standard InChI is InChI=1S/C9H20N2O2/c1-2-3-6-11-9(12)8-13-7-4-5-10/h2-8,10H2,1H3,(H,11,12). The highest BCUT2D eigenvalue weighted by Crippen LogP contribution is 1.83. The van der Waals surface area contributed by atoms with Crippen LogP contribution in [0.4, 0.5) is 0 Å². The van der Waals surface area contributed by atoms with E-state index in [9.17, 15) is 4.79 Å². The van der Waals surface area contributed by atoms with Crippen molar-refractivity contribution in [2.45, 2.75) is 26.2 Å². The molecule has 0 unspecified atom stereocenters. The Morgan fingerprint density at radius 1 is 1.46 bits per heavy atom. The van der Waals surface area contributed by atoms with Gasteiger partial charge in [-0.15, -0.1) is 0 Å². The van der Waals surface area contributed by atoms with Gasteiger partial charge < -0.3 is 15.8 Å². The molecule has 0 rings (SSSR count). The molecule has 0 aromatic rings. The van der Waals surface area contributed by atoms with Crippen LogP contribution in [0.5, 0.6) is 0 Å². The van der Waals surface area contributed by atoms with Gasteiger partial charge in [-0.25, -0.2) is 0 Å². The third kappa shape index (κ3) is 9.30. The van der Waals surface area contributed by atoms with Gasteiger partial charge in [0, 0.05) is 13.2 Å². The molecule has 4 nitrogen and oxygen atoms in total. The average molecular weight is 188 g/mol. The number of amides is 1. The van der Waals surface area contributed by atoms with Crippen LogP contribution >= 0.6 is 0 Å². The van der Waals surface area contributed by atoms with Gasteiger partial charge in [0.05, 0.1) is 0 Å². The lowest BCUT2D eigenvalue weighted by Crippen LogP contribution is -2.28. The molecule has 0 saturated heterocycles. The lowest BCUT2D eigenvalue weighted by Gasteiger charge is -2.04. The Kier molecular flexibility index (Phi) is 9.03. The summed E-state index contributed by atoms with van der Waals surface area (Å²) < 4.78 is 5.07. The third-order valence-corrected chi connectivity index (χ3v) is 1.58. The first kappa shape index (κ1) is 12.4. The van der Waals surface area contributed by atoms with Gasteiger partial charge in [-0.1, -0.05) is 13.3 Å². The first-order valence-corrected chi connectivity index (χ1v) is 4.85. The van der Waals surface area contributed by atoms with Crippen LogP contribution in [0, 0.1) is 0 Å². The van der Waals surface area contributed by atoms with E-state index in [-0.39, 0.29) is 12.5 Å². The molecule has 0 aliphatic heterocycles. The van der Waals surface area contributed by atoms with Crippen LogP contribution in [0.15, 0.2) is 0 Å². The normalized spacial score (nSPS) is 10.0. The summed E-state index contributed by atoms with van der Waals surface area (Å²) in [6, 6.07) is 0. The average Bonchev–Trinajstić information content (AvgIpc) is 2.13. The van der Waals surface area contributed by atoms with Crippen LogP contribution in [-0.4, -0.2) is 32.2 Å². The van der Waals surface area contributed by atoms with Crippen LogP contribution in [-0.2, 0) is 9.53 Å². The zero-order valence-electron chi connectivity index (χ0n) is 8.34. The molecule has 0 bridgehead atoms. The monoisotopic (exact) mass is 188 g/mol. The summed E-state index contributed by atoms with van der Waals surface area (Å²) in [7, 11) is 0. The molecule has 0 spiro atoms. The maximum atomic E-state index is 11.0. The van der Waals surface area contributed by atoms with Gasteiger partial charge in [0.1, 0.15) is 6.61 Å². The predicted molar refractivity (Wildman–Crippen MR) is 52.4 cm³/mol. The van der Waals surface area contributed by atoms with Crippen LogP contribution in [0.3, 0.4) is 0 Å². The summed E-state index contributed by atoms with van der Waals surface area (Å²) in [6.45, 7) is 4.17. The summed E-state index contributed by atoms with van der Waals surface area (Å²) in [6.07, 6.45) is 2.92. The summed E-state index contributed by atoms with van der Waals surface area (Å²) in [5.41, 5.74) is 5.26. The molecule has 0 radical (unpaired) electrons. The summed E-state index contributed by atoms with van der Waals surface area (Å²) in [4.78, 5) is 11.0. The van der Waals surface area contributed by atoms with Crippen LogP contribution < -0.4 is 11.1 Å². The highest BCUT2D eigenvalue weighted by atomic mass is 16.5. The van der Waals surface area contributed by atoms with Crippen LogP contribution in [0.1, 0.15) is 26.2 Å². The second-order valence-corrected chi connectivity index (χ2v) is 2.90. The zero-order valence-corrected chi connectivity index (χ0v) is 8.34. The van der Waals surface area contributed by atoms with E-state index in [1.54, 1.807) is 0 Å². The van der Waals surface area contributed by atoms with E-state index in [0.717, 1.165) is 25.8 Å². The van der Waals surface area contributed by atoms with Gasteiger partial charge in [0.2, 0.25) is 5.91 Å². The van der Waals surface area contributed by atoms with Crippen molar-refractivity contribution in [2.75, 3.05) is 26.3 Å². The molecular weight excluding hydrogens is 168 g/mol. The van der Waals surface area contributed by atoms with E-state index >= 15 is 0 Å². The Bertz CT molecular complexity index is 129. The second-order valence-electron chi connectivity index (χ2n) is 2.90. The van der Waals surface area contributed by atoms with E-state index in [1.807, 2.05) is 0 Å². The molecule has 0 aromatic heterocycles. The Morgan fingerprint density at radius 3 is 2.85 bits per heavy atom. The molecule has 13 heavy (non-hydrogen) atoms. The number of ether oxygens (including phenoxy) is 1. The molecule has 0 saturated carbocycles. The van der Waals surface area contributed by atoms with Crippen molar-refractivity contribution in [2.24, 2.45) is 5.73 Å². The molecule has 78 valence electrons. The molecule has 1 amide bonds. The zero-order chi connectivity index (χ0) is 9.94. The molecule has 0 aliphatic carbocycles. The van der Waals surface area contributed by atoms with Gasteiger partial charge in [-0.3, -0.25) is 4.79 Å². The fourth-order valence-corrected chi connectivity index (χ4v) is 0.806. The summed E-state index contributed by atoms with van der Waals surface area (Å²) >= 11 is 0. The highest BCUT2D eigenvalue weighted by molar-refractivity contribution is 5.77. The summed E-state index contributed by atoms with van der Waals surface area (Å²) in [5, 5.41) is 2.77. The van der Waals surface area contributed by atoms with Crippen LogP contribution in [0.25, 0.3) is 0 Å². The van der Waals surface area contributed by atoms with Gasteiger partial charge in [0.15, 0.2) is 0 Å². The number of nitrogens with one attached hydrogen (secondary N) is 1. The van der Waals surface area contributed by atoms with Crippen molar-refractivity contribution in [3.63, 3.8) is 0 Å². The molecular formula is C9H20N2O2. The minimum Gasteiger partial charge on any atom is -0.372 e. The van der Waals surface area contributed by atoms with Gasteiger partial charge in [-0.05, 0) is 19.4 Å². The number of hydrogen-bond donors (Lipinski definition) is 2. The van der Waals surface area contributed by atoms with Crippen molar-refractivity contribution < 1.29 is 9.53 Å². The van der Waals surface area contributed by atoms with Crippen LogP contribution in [0.2, 0.25) is 0 Å². The van der Waals surface area contributed by atoms with E-state index < -0.39 is 0 Å². The van der Waals surface area contributed by atoms with Crippen molar-refractivity contribution in [1.82, 2.24) is 5.32 Å². The number of carbonyl (C=O) groups is 1. The number of hydrogen-bond acceptors (Lipinski definition) is 3. The second kappa shape index (κ2) is 9.48. The fraction of sp³-hybridized carbons (Fsp3) is 0.889. The maximum absolute atomic E-state index is 11.0. The molecule has 4 heteroatoms. The molecule has 0 fully saturated rings. The maximum Gasteiger partial charge on any atom is 0.245 e. The lowest BCUT2D eigenvalue weighted by atomic mass is 10.3. The first-order chi connectivity index (χ1) is 6.31. The topological polar surface area (TPSA) is 64.3 Å². The smallest absolute Gasteiger partial charge is 0.245 e. The van der Waals surface area contributed by atoms with Gasteiger partial charge >= 0.3 is 0 Å². The number of rotatable bonds is 8. The highest BCUT2D eigenvalue weighted by Gasteiger charge is 1.98. The third-order valence-electron chi connectivity index (χ3n) is 1.58. The van der Waals surface area contributed by atoms with Crippen molar-refractivity contribution in [3.05, 3.63) is 0 Å². The van der Waals surface area contributed by atoms with Crippen molar-refractivity contribution in [1.29, 1.82) is 0 Å². The number of unbranched alkanes of at least 4 members (excludes halogenated alkanes) is 1.